The Kier molecular flexibility index (Phi) is 1.40. The Hall–Kier alpha value is -1.32. The summed E-state index contributed by atoms with van der Waals surface area (Å²) in [5.41, 5.74) is 1.15. The maximum atomic E-state index is 12.9. The molecule has 0 radical (unpaired) electrons. The molecular formula is C16H20N2O2. The number of carbonyl (C=O) groups excluding carboxylic acids is 2. The molecule has 0 aromatic heterocycles. The van der Waals surface area contributed by atoms with Gasteiger partial charge in [0.05, 0.1) is 11.0 Å². The summed E-state index contributed by atoms with van der Waals surface area (Å²) in [5.74, 6) is 1.90. The summed E-state index contributed by atoms with van der Waals surface area (Å²) < 4.78 is 0. The van der Waals surface area contributed by atoms with Crippen molar-refractivity contribution in [3.8, 4) is 0 Å². The highest BCUT2D eigenvalue weighted by Crippen LogP contribution is 3.04. The van der Waals surface area contributed by atoms with E-state index >= 15 is 0 Å². The molecule has 7 atom stereocenters. The number of hydrogen-bond donors (Lipinski definition) is 0. The standard InChI is InChI=1S/C16H20N2O2/c1-6-8-9-7(2)16-10(8)14(3)11(9)15(14,16)12(19)17(4)13(20)18(16)5/h6-7,9-11H,1-5H3/b8-6+. The molecule has 6 aliphatic rings. The van der Waals surface area contributed by atoms with Gasteiger partial charge < -0.3 is 4.90 Å². The van der Waals surface area contributed by atoms with Crippen LogP contribution in [0.4, 0.5) is 4.79 Å². The average Bonchev–Trinajstić information content (AvgIpc) is 2.67. The van der Waals surface area contributed by atoms with E-state index in [1.54, 1.807) is 7.05 Å². The molecule has 2 spiro atoms. The molecule has 5 saturated carbocycles. The lowest BCUT2D eigenvalue weighted by Gasteiger charge is -2.65. The van der Waals surface area contributed by atoms with Gasteiger partial charge in [-0.15, -0.1) is 0 Å². The lowest BCUT2D eigenvalue weighted by Crippen LogP contribution is -2.79. The Morgan fingerprint density at radius 2 is 1.90 bits per heavy atom. The van der Waals surface area contributed by atoms with Gasteiger partial charge in [-0.3, -0.25) is 9.69 Å². The molecule has 4 heteroatoms. The molecule has 106 valence electrons. The SMILES string of the molecule is C/C=C1\C2C(C)C34C1C1(C)C2C13C(=O)N(C)C(=O)N4C. The molecule has 4 nitrogen and oxygen atoms in total. The monoisotopic (exact) mass is 272 g/mol. The zero-order chi connectivity index (χ0) is 14.4. The van der Waals surface area contributed by atoms with Crippen molar-refractivity contribution in [3.05, 3.63) is 11.6 Å². The second-order valence-electron chi connectivity index (χ2n) is 7.64. The van der Waals surface area contributed by atoms with E-state index in [4.69, 9.17) is 0 Å². The van der Waals surface area contributed by atoms with Crippen LogP contribution >= 0.6 is 0 Å². The molecule has 0 aromatic carbocycles. The predicted molar refractivity (Wildman–Crippen MR) is 72.6 cm³/mol. The lowest BCUT2D eigenvalue weighted by atomic mass is 9.49. The Morgan fingerprint density at radius 1 is 1.25 bits per heavy atom. The van der Waals surface area contributed by atoms with E-state index in [-0.39, 0.29) is 28.3 Å². The van der Waals surface area contributed by atoms with Crippen LogP contribution in [0, 0.1) is 34.5 Å². The van der Waals surface area contributed by atoms with Crippen molar-refractivity contribution >= 4 is 11.9 Å². The van der Waals surface area contributed by atoms with Crippen molar-refractivity contribution < 1.29 is 9.59 Å². The van der Waals surface area contributed by atoms with E-state index in [1.165, 1.54) is 10.5 Å². The topological polar surface area (TPSA) is 40.6 Å². The molecule has 3 bridgehead atoms. The minimum Gasteiger partial charge on any atom is -0.320 e. The van der Waals surface area contributed by atoms with Crippen molar-refractivity contribution in [1.29, 1.82) is 0 Å². The predicted octanol–water partition coefficient (Wildman–Crippen LogP) is 1.73. The van der Waals surface area contributed by atoms with Gasteiger partial charge in [0, 0.05) is 20.0 Å². The number of imide groups is 1. The molecule has 6 fully saturated rings. The van der Waals surface area contributed by atoms with Crippen molar-refractivity contribution in [1.82, 2.24) is 9.80 Å². The van der Waals surface area contributed by atoms with Gasteiger partial charge in [0.25, 0.3) is 0 Å². The fourth-order valence-electron chi connectivity index (χ4n) is 7.86. The summed E-state index contributed by atoms with van der Waals surface area (Å²) >= 11 is 0. The van der Waals surface area contributed by atoms with E-state index in [2.05, 4.69) is 26.8 Å². The molecular weight excluding hydrogens is 252 g/mol. The Morgan fingerprint density at radius 3 is 2.50 bits per heavy atom. The molecule has 1 aliphatic heterocycles. The van der Waals surface area contributed by atoms with Gasteiger partial charge in [-0.1, -0.05) is 25.5 Å². The fraction of sp³-hybridized carbons (Fsp3) is 0.750. The van der Waals surface area contributed by atoms with Gasteiger partial charge in [0.2, 0.25) is 5.91 Å². The molecule has 3 amide bonds. The van der Waals surface area contributed by atoms with E-state index in [1.807, 2.05) is 11.9 Å². The third-order valence-corrected chi connectivity index (χ3v) is 7.96. The first-order valence-electron chi connectivity index (χ1n) is 7.58. The first-order valence-corrected chi connectivity index (χ1v) is 7.58. The second-order valence-corrected chi connectivity index (χ2v) is 7.64. The number of allylic oxidation sites excluding steroid dienone is 1. The first kappa shape index (κ1) is 11.4. The highest BCUT2D eigenvalue weighted by atomic mass is 16.2. The summed E-state index contributed by atoms with van der Waals surface area (Å²) in [5, 5.41) is 0. The Balaban J connectivity index is 1.83. The molecule has 0 aromatic rings. The average molecular weight is 272 g/mol. The largest absolute Gasteiger partial charge is 0.326 e. The van der Waals surface area contributed by atoms with Crippen molar-refractivity contribution in [2.24, 2.45) is 34.5 Å². The molecule has 5 aliphatic carbocycles. The number of carbonyl (C=O) groups is 2. The van der Waals surface area contributed by atoms with Gasteiger partial charge in [-0.2, -0.15) is 0 Å². The Bertz CT molecular complexity index is 655. The highest BCUT2D eigenvalue weighted by molar-refractivity contribution is 6.08. The van der Waals surface area contributed by atoms with Crippen LogP contribution in [0.25, 0.3) is 0 Å². The third-order valence-electron chi connectivity index (χ3n) is 7.96. The van der Waals surface area contributed by atoms with Crippen LogP contribution in [0.15, 0.2) is 11.6 Å². The van der Waals surface area contributed by atoms with Crippen molar-refractivity contribution in [2.45, 2.75) is 26.3 Å². The quantitative estimate of drug-likeness (QED) is 0.630. The molecule has 6 rings (SSSR count). The van der Waals surface area contributed by atoms with Crippen molar-refractivity contribution in [3.63, 3.8) is 0 Å². The van der Waals surface area contributed by atoms with Crippen LogP contribution in [0.5, 0.6) is 0 Å². The zero-order valence-electron chi connectivity index (χ0n) is 12.6. The normalized spacial score (nSPS) is 63.0. The lowest BCUT2D eigenvalue weighted by molar-refractivity contribution is -0.176. The molecule has 1 heterocycles. The summed E-state index contributed by atoms with van der Waals surface area (Å²) in [6, 6.07) is -0.122. The number of urea groups is 1. The molecule has 20 heavy (non-hydrogen) atoms. The maximum absolute atomic E-state index is 12.9. The smallest absolute Gasteiger partial charge is 0.320 e. The minimum atomic E-state index is -0.265. The van der Waals surface area contributed by atoms with Crippen LogP contribution in [-0.4, -0.2) is 41.4 Å². The van der Waals surface area contributed by atoms with Crippen LogP contribution in [0.2, 0.25) is 0 Å². The number of rotatable bonds is 0. The van der Waals surface area contributed by atoms with Crippen LogP contribution in [-0.2, 0) is 4.79 Å². The van der Waals surface area contributed by atoms with Gasteiger partial charge in [-0.25, -0.2) is 4.79 Å². The Labute approximate surface area is 118 Å². The van der Waals surface area contributed by atoms with Crippen LogP contribution in [0.1, 0.15) is 20.8 Å². The minimum absolute atomic E-state index is 0.0915. The third kappa shape index (κ3) is 0.546. The first-order chi connectivity index (χ1) is 9.36. The molecule has 1 saturated heterocycles. The fourth-order valence-corrected chi connectivity index (χ4v) is 7.86. The second kappa shape index (κ2) is 2.46. The number of amides is 3. The maximum Gasteiger partial charge on any atom is 0.326 e. The highest BCUT2D eigenvalue weighted by Gasteiger charge is 3.09. The van der Waals surface area contributed by atoms with E-state index in [0.717, 1.165) is 0 Å². The molecule has 7 unspecified atom stereocenters. The van der Waals surface area contributed by atoms with Crippen molar-refractivity contribution in [2.75, 3.05) is 14.1 Å². The van der Waals surface area contributed by atoms with Gasteiger partial charge in [0.15, 0.2) is 0 Å². The molecule has 0 N–H and O–H groups in total. The summed E-state index contributed by atoms with van der Waals surface area (Å²) in [6.07, 6.45) is 2.25. The van der Waals surface area contributed by atoms with Gasteiger partial charge in [-0.05, 0) is 30.1 Å². The number of hydrogen-bond acceptors (Lipinski definition) is 2. The van der Waals surface area contributed by atoms with E-state index in [9.17, 15) is 9.59 Å². The zero-order valence-corrected chi connectivity index (χ0v) is 12.6. The summed E-state index contributed by atoms with van der Waals surface area (Å²) in [7, 11) is 3.55. The van der Waals surface area contributed by atoms with Gasteiger partial charge in [0.1, 0.15) is 0 Å². The van der Waals surface area contributed by atoms with E-state index in [0.29, 0.717) is 23.7 Å². The van der Waals surface area contributed by atoms with Crippen LogP contribution < -0.4 is 0 Å². The van der Waals surface area contributed by atoms with E-state index < -0.39 is 0 Å². The summed E-state index contributed by atoms with van der Waals surface area (Å²) in [4.78, 5) is 28.7. The van der Waals surface area contributed by atoms with Crippen LogP contribution in [0.3, 0.4) is 0 Å². The number of nitrogens with zero attached hydrogens (tertiary/aromatic N) is 2. The van der Waals surface area contributed by atoms with Gasteiger partial charge >= 0.3 is 6.03 Å². The summed E-state index contributed by atoms with van der Waals surface area (Å²) in [6.45, 7) is 6.65.